The summed E-state index contributed by atoms with van der Waals surface area (Å²) in [6.07, 6.45) is 5.15. The van der Waals surface area contributed by atoms with Crippen LogP contribution >= 0.6 is 0 Å². The average molecular weight is 386 g/mol. The van der Waals surface area contributed by atoms with Gasteiger partial charge in [0.25, 0.3) is 5.91 Å². The summed E-state index contributed by atoms with van der Waals surface area (Å²) in [6, 6.07) is 11.6. The molecule has 2 amide bonds. The van der Waals surface area contributed by atoms with E-state index in [4.69, 9.17) is 0 Å². The van der Waals surface area contributed by atoms with Crippen molar-refractivity contribution in [3.8, 4) is 0 Å². The van der Waals surface area contributed by atoms with Crippen molar-refractivity contribution in [2.24, 2.45) is 0 Å². The van der Waals surface area contributed by atoms with Gasteiger partial charge in [-0.2, -0.15) is 0 Å². The molecule has 2 aromatic rings. The summed E-state index contributed by atoms with van der Waals surface area (Å²) in [5, 5.41) is 5.46. The van der Waals surface area contributed by atoms with Crippen LogP contribution in [-0.4, -0.2) is 24.9 Å². The topological polar surface area (TPSA) is 58.2 Å². The quantitative estimate of drug-likeness (QED) is 0.795. The van der Waals surface area contributed by atoms with Crippen molar-refractivity contribution < 1.29 is 18.4 Å². The highest BCUT2D eigenvalue weighted by atomic mass is 19.1. The van der Waals surface area contributed by atoms with Crippen LogP contribution in [0.15, 0.2) is 48.5 Å². The first-order valence-corrected chi connectivity index (χ1v) is 9.55. The van der Waals surface area contributed by atoms with E-state index in [1.165, 1.54) is 36.4 Å². The molecule has 0 atom stereocenters. The molecule has 4 nitrogen and oxygen atoms in total. The maximum Gasteiger partial charge on any atom is 0.251 e. The molecule has 0 heterocycles. The second-order valence-electron chi connectivity index (χ2n) is 7.31. The van der Waals surface area contributed by atoms with Gasteiger partial charge in [0.05, 0.1) is 6.54 Å². The maximum absolute atomic E-state index is 13.3. The molecule has 6 heteroatoms. The molecule has 2 N–H and O–H groups in total. The lowest BCUT2D eigenvalue weighted by atomic mass is 9.69. The molecule has 3 rings (SSSR count). The van der Waals surface area contributed by atoms with Gasteiger partial charge in [0.1, 0.15) is 11.6 Å². The average Bonchev–Trinajstić information content (AvgIpc) is 2.72. The van der Waals surface area contributed by atoms with E-state index in [9.17, 15) is 18.4 Å². The molecule has 0 saturated heterocycles. The van der Waals surface area contributed by atoms with E-state index in [0.717, 1.165) is 37.7 Å². The van der Waals surface area contributed by atoms with Gasteiger partial charge in [-0.3, -0.25) is 9.59 Å². The summed E-state index contributed by atoms with van der Waals surface area (Å²) in [5.41, 5.74) is 1.12. The summed E-state index contributed by atoms with van der Waals surface area (Å²) < 4.78 is 26.2. The third kappa shape index (κ3) is 4.94. The van der Waals surface area contributed by atoms with Crippen molar-refractivity contribution in [1.82, 2.24) is 10.6 Å². The van der Waals surface area contributed by atoms with Crippen LogP contribution in [-0.2, 0) is 10.2 Å². The Labute approximate surface area is 163 Å². The predicted molar refractivity (Wildman–Crippen MR) is 103 cm³/mol. The number of halogens is 2. The molecule has 1 aliphatic rings. The minimum Gasteiger partial charge on any atom is -0.354 e. The highest BCUT2D eigenvalue weighted by Gasteiger charge is 2.34. The first kappa shape index (κ1) is 20.0. The Morgan fingerprint density at radius 1 is 0.821 bits per heavy atom. The number of nitrogens with one attached hydrogen (secondary N) is 2. The minimum absolute atomic E-state index is 0.157. The highest BCUT2D eigenvalue weighted by molar-refractivity contribution is 5.96. The third-order valence-electron chi connectivity index (χ3n) is 5.41. The Morgan fingerprint density at radius 2 is 1.39 bits per heavy atom. The number of rotatable bonds is 6. The van der Waals surface area contributed by atoms with Crippen LogP contribution in [0, 0.1) is 11.6 Å². The van der Waals surface area contributed by atoms with E-state index in [1.807, 2.05) is 0 Å². The summed E-state index contributed by atoms with van der Waals surface area (Å²) >= 11 is 0. The molecule has 1 saturated carbocycles. The Balaban J connectivity index is 1.57. The van der Waals surface area contributed by atoms with Crippen LogP contribution < -0.4 is 10.6 Å². The van der Waals surface area contributed by atoms with Crippen LogP contribution in [0.25, 0.3) is 0 Å². The van der Waals surface area contributed by atoms with Gasteiger partial charge in [-0.25, -0.2) is 8.78 Å². The van der Waals surface area contributed by atoms with Gasteiger partial charge in [0.2, 0.25) is 5.91 Å². The van der Waals surface area contributed by atoms with Crippen molar-refractivity contribution >= 4 is 11.8 Å². The van der Waals surface area contributed by atoms with E-state index in [-0.39, 0.29) is 23.7 Å². The molecule has 28 heavy (non-hydrogen) atoms. The first-order valence-electron chi connectivity index (χ1n) is 9.55. The fourth-order valence-electron chi connectivity index (χ4n) is 3.79. The van der Waals surface area contributed by atoms with Gasteiger partial charge in [0, 0.05) is 17.5 Å². The fraction of sp³-hybridized carbons (Fsp3) is 0.364. The molecule has 0 aliphatic heterocycles. The van der Waals surface area contributed by atoms with Crippen LogP contribution in [0.1, 0.15) is 48.0 Å². The van der Waals surface area contributed by atoms with Crippen molar-refractivity contribution in [2.75, 3.05) is 13.1 Å². The lowest BCUT2D eigenvalue weighted by Gasteiger charge is -2.38. The van der Waals surface area contributed by atoms with E-state index in [1.54, 1.807) is 12.1 Å². The summed E-state index contributed by atoms with van der Waals surface area (Å²) in [7, 11) is 0. The number of hydrogen-bond donors (Lipinski definition) is 2. The highest BCUT2D eigenvalue weighted by Crippen LogP contribution is 2.39. The molecule has 148 valence electrons. The number of amides is 2. The van der Waals surface area contributed by atoms with Crippen molar-refractivity contribution in [1.29, 1.82) is 0 Å². The molecular weight excluding hydrogens is 362 g/mol. The zero-order valence-corrected chi connectivity index (χ0v) is 15.6. The van der Waals surface area contributed by atoms with Gasteiger partial charge in [0.15, 0.2) is 0 Å². The van der Waals surface area contributed by atoms with Gasteiger partial charge in [-0.05, 0) is 54.8 Å². The van der Waals surface area contributed by atoms with Gasteiger partial charge >= 0.3 is 0 Å². The van der Waals surface area contributed by atoms with Crippen molar-refractivity contribution in [2.45, 2.75) is 37.5 Å². The lowest BCUT2D eigenvalue weighted by molar-refractivity contribution is -0.120. The molecule has 1 aliphatic carbocycles. The fourth-order valence-corrected chi connectivity index (χ4v) is 3.79. The van der Waals surface area contributed by atoms with E-state index in [2.05, 4.69) is 10.6 Å². The first-order chi connectivity index (χ1) is 13.5. The summed E-state index contributed by atoms with van der Waals surface area (Å²) in [4.78, 5) is 24.3. The molecule has 0 radical (unpaired) electrons. The molecule has 2 aromatic carbocycles. The van der Waals surface area contributed by atoms with Crippen molar-refractivity contribution in [3.63, 3.8) is 0 Å². The van der Waals surface area contributed by atoms with Gasteiger partial charge in [-0.1, -0.05) is 31.4 Å². The van der Waals surface area contributed by atoms with E-state index in [0.29, 0.717) is 12.1 Å². The minimum atomic E-state index is -0.430. The maximum atomic E-state index is 13.3. The van der Waals surface area contributed by atoms with Crippen LogP contribution in [0.4, 0.5) is 8.78 Å². The molecule has 0 bridgehead atoms. The molecule has 0 unspecified atom stereocenters. The predicted octanol–water partition coefficient (Wildman–Crippen LogP) is 3.71. The second-order valence-corrected chi connectivity index (χ2v) is 7.31. The zero-order valence-electron chi connectivity index (χ0n) is 15.6. The Hall–Kier alpha value is -2.76. The molecule has 0 aromatic heterocycles. The Morgan fingerprint density at radius 3 is 2.00 bits per heavy atom. The lowest BCUT2D eigenvalue weighted by Crippen LogP contribution is -2.45. The van der Waals surface area contributed by atoms with Crippen LogP contribution in [0.3, 0.4) is 0 Å². The standard InChI is InChI=1S/C22H24F2N2O2/c23-18-8-4-16(5-9-18)21(28)25-14-20(27)26-15-22(12-2-1-3-13-22)17-6-10-19(24)11-7-17/h4-11H,1-3,12-15H2,(H,25,28)(H,26,27). The van der Waals surface area contributed by atoms with Gasteiger partial charge in [-0.15, -0.1) is 0 Å². The smallest absolute Gasteiger partial charge is 0.251 e. The van der Waals surface area contributed by atoms with E-state index >= 15 is 0 Å². The number of carbonyl (C=O) groups excluding carboxylic acids is 2. The number of carbonyl (C=O) groups is 2. The SMILES string of the molecule is O=C(CNC(=O)c1ccc(F)cc1)NCC1(c2ccc(F)cc2)CCCCC1. The van der Waals surface area contributed by atoms with E-state index < -0.39 is 11.7 Å². The zero-order chi connectivity index (χ0) is 20.0. The third-order valence-corrected chi connectivity index (χ3v) is 5.41. The Kier molecular flexibility index (Phi) is 6.39. The molecule has 0 spiro atoms. The number of benzene rings is 2. The van der Waals surface area contributed by atoms with Crippen LogP contribution in [0.2, 0.25) is 0 Å². The Bertz CT molecular complexity index is 813. The monoisotopic (exact) mass is 386 g/mol. The van der Waals surface area contributed by atoms with Crippen LogP contribution in [0.5, 0.6) is 0 Å². The number of hydrogen-bond acceptors (Lipinski definition) is 2. The second kappa shape index (κ2) is 8.95. The summed E-state index contributed by atoms with van der Waals surface area (Å²) in [6.45, 7) is 0.291. The summed E-state index contributed by atoms with van der Waals surface area (Å²) in [5.74, 6) is -1.42. The molecular formula is C22H24F2N2O2. The van der Waals surface area contributed by atoms with Gasteiger partial charge < -0.3 is 10.6 Å². The molecule has 1 fully saturated rings. The van der Waals surface area contributed by atoms with Crippen molar-refractivity contribution in [3.05, 3.63) is 71.3 Å². The largest absolute Gasteiger partial charge is 0.354 e. The normalized spacial score (nSPS) is 15.6.